The normalized spacial score (nSPS) is 14.9. The summed E-state index contributed by atoms with van der Waals surface area (Å²) in [7, 11) is 0. The molecule has 0 spiro atoms. The molecule has 0 saturated carbocycles. The zero-order valence-corrected chi connectivity index (χ0v) is 15.8. The average Bonchev–Trinajstić information content (AvgIpc) is 2.67. The number of halogens is 3. The van der Waals surface area contributed by atoms with Crippen molar-refractivity contribution >= 4 is 11.8 Å². The van der Waals surface area contributed by atoms with Crippen molar-refractivity contribution in [2.45, 2.75) is 20.0 Å². The number of hydrogen-bond donors (Lipinski definition) is 1. The van der Waals surface area contributed by atoms with Crippen molar-refractivity contribution in [3.8, 4) is 11.4 Å². The van der Waals surface area contributed by atoms with Gasteiger partial charge in [0.15, 0.2) is 5.82 Å². The van der Waals surface area contributed by atoms with Gasteiger partial charge in [0.05, 0.1) is 5.56 Å². The Hall–Kier alpha value is -2.84. The minimum Gasteiger partial charge on any atom is -0.353 e. The van der Waals surface area contributed by atoms with E-state index in [0.717, 1.165) is 17.8 Å². The number of anilines is 1. The van der Waals surface area contributed by atoms with Gasteiger partial charge >= 0.3 is 12.2 Å². The molecule has 1 aliphatic rings. The Morgan fingerprint density at radius 3 is 2.32 bits per heavy atom. The molecule has 9 heteroatoms. The molecule has 3 rings (SSSR count). The van der Waals surface area contributed by atoms with Gasteiger partial charge in [-0.15, -0.1) is 0 Å². The summed E-state index contributed by atoms with van der Waals surface area (Å²) in [4.78, 5) is 24.6. The molecule has 2 heterocycles. The number of carbonyl (C=O) groups is 1. The first-order valence-corrected chi connectivity index (χ1v) is 9.09. The molecule has 0 bridgehead atoms. The van der Waals surface area contributed by atoms with E-state index in [1.165, 1.54) is 12.1 Å². The van der Waals surface area contributed by atoms with Crippen molar-refractivity contribution in [1.29, 1.82) is 0 Å². The average molecular weight is 393 g/mol. The molecule has 1 aromatic heterocycles. The molecule has 28 heavy (non-hydrogen) atoms. The van der Waals surface area contributed by atoms with E-state index in [-0.39, 0.29) is 6.03 Å². The van der Waals surface area contributed by atoms with Gasteiger partial charge in [-0.2, -0.15) is 13.2 Å². The molecule has 6 nitrogen and oxygen atoms in total. The van der Waals surface area contributed by atoms with Crippen molar-refractivity contribution in [3.63, 3.8) is 0 Å². The van der Waals surface area contributed by atoms with Gasteiger partial charge in [-0.1, -0.05) is 12.1 Å². The SMILES string of the molecule is CCNC(=O)N1CCN(c2cc(C)nc(-c3ccc(C(F)(F)F)cc3)n2)CC1. The second-order valence-electron chi connectivity index (χ2n) is 6.58. The molecule has 2 amide bonds. The van der Waals surface area contributed by atoms with E-state index in [4.69, 9.17) is 0 Å². The number of aromatic nitrogens is 2. The van der Waals surface area contributed by atoms with Gasteiger partial charge in [0, 0.05) is 50.0 Å². The van der Waals surface area contributed by atoms with Crippen LogP contribution < -0.4 is 10.2 Å². The van der Waals surface area contributed by atoms with Crippen molar-refractivity contribution in [2.24, 2.45) is 0 Å². The minimum absolute atomic E-state index is 0.0774. The van der Waals surface area contributed by atoms with Gasteiger partial charge in [-0.3, -0.25) is 0 Å². The number of benzene rings is 1. The summed E-state index contributed by atoms with van der Waals surface area (Å²) in [5, 5.41) is 2.79. The molecule has 0 radical (unpaired) electrons. The minimum atomic E-state index is -4.37. The number of nitrogens with one attached hydrogen (secondary N) is 1. The Morgan fingerprint density at radius 1 is 1.11 bits per heavy atom. The predicted molar refractivity (Wildman–Crippen MR) is 100 cm³/mol. The largest absolute Gasteiger partial charge is 0.416 e. The fraction of sp³-hybridized carbons (Fsp3) is 0.421. The second-order valence-corrected chi connectivity index (χ2v) is 6.58. The van der Waals surface area contributed by atoms with Crippen LogP contribution in [0.25, 0.3) is 11.4 Å². The van der Waals surface area contributed by atoms with Crippen LogP contribution in [0.1, 0.15) is 18.2 Å². The van der Waals surface area contributed by atoms with Gasteiger partial charge in [0.1, 0.15) is 5.82 Å². The zero-order valence-electron chi connectivity index (χ0n) is 15.8. The molecule has 0 unspecified atom stereocenters. The Balaban J connectivity index is 1.76. The third-order valence-corrected chi connectivity index (χ3v) is 4.53. The number of aryl methyl sites for hydroxylation is 1. The van der Waals surface area contributed by atoms with E-state index in [9.17, 15) is 18.0 Å². The number of alkyl halides is 3. The summed E-state index contributed by atoms with van der Waals surface area (Å²) < 4.78 is 38.3. The number of amides is 2. The van der Waals surface area contributed by atoms with Crippen LogP contribution in [0.4, 0.5) is 23.8 Å². The van der Waals surface area contributed by atoms with E-state index in [1.807, 2.05) is 19.9 Å². The number of nitrogens with zero attached hydrogens (tertiary/aromatic N) is 4. The zero-order chi connectivity index (χ0) is 20.3. The predicted octanol–water partition coefficient (Wildman–Crippen LogP) is 3.32. The quantitative estimate of drug-likeness (QED) is 0.869. The first-order chi connectivity index (χ1) is 13.3. The van der Waals surface area contributed by atoms with Gasteiger partial charge in [0.2, 0.25) is 0 Å². The Bertz CT molecular complexity index is 830. The number of carbonyl (C=O) groups excluding carboxylic acids is 1. The van der Waals surface area contributed by atoms with Crippen LogP contribution in [0.3, 0.4) is 0 Å². The van der Waals surface area contributed by atoms with Crippen molar-refractivity contribution in [3.05, 3.63) is 41.6 Å². The first kappa shape index (κ1) is 19.9. The van der Waals surface area contributed by atoms with Crippen molar-refractivity contribution in [1.82, 2.24) is 20.2 Å². The van der Waals surface area contributed by atoms with Crippen molar-refractivity contribution < 1.29 is 18.0 Å². The van der Waals surface area contributed by atoms with Gasteiger partial charge < -0.3 is 15.1 Å². The number of piperazine rings is 1. The van der Waals surface area contributed by atoms with E-state index in [2.05, 4.69) is 20.2 Å². The topological polar surface area (TPSA) is 61.4 Å². The van der Waals surface area contributed by atoms with Gasteiger partial charge in [-0.25, -0.2) is 14.8 Å². The molecule has 150 valence electrons. The molecule has 0 atom stereocenters. The molecule has 1 aliphatic heterocycles. The van der Waals surface area contributed by atoms with Crippen LogP contribution in [-0.2, 0) is 6.18 Å². The van der Waals surface area contributed by atoms with Crippen LogP contribution in [0.5, 0.6) is 0 Å². The standard InChI is InChI=1S/C19H22F3N5O/c1-3-23-18(28)27-10-8-26(9-11-27)16-12-13(2)24-17(25-16)14-4-6-15(7-5-14)19(20,21)22/h4-7,12H,3,8-11H2,1-2H3,(H,23,28). The van der Waals surface area contributed by atoms with Crippen molar-refractivity contribution in [2.75, 3.05) is 37.6 Å². The van der Waals surface area contributed by atoms with Crippen LogP contribution in [-0.4, -0.2) is 53.6 Å². The first-order valence-electron chi connectivity index (χ1n) is 9.09. The fourth-order valence-corrected chi connectivity index (χ4v) is 3.05. The van der Waals surface area contributed by atoms with E-state index in [0.29, 0.717) is 49.9 Å². The monoisotopic (exact) mass is 393 g/mol. The highest BCUT2D eigenvalue weighted by Crippen LogP contribution is 2.30. The lowest BCUT2D eigenvalue weighted by Gasteiger charge is -2.35. The Morgan fingerprint density at radius 2 is 1.75 bits per heavy atom. The lowest BCUT2D eigenvalue weighted by molar-refractivity contribution is -0.137. The Labute approximate surface area is 161 Å². The highest BCUT2D eigenvalue weighted by atomic mass is 19.4. The lowest BCUT2D eigenvalue weighted by Crippen LogP contribution is -2.52. The van der Waals surface area contributed by atoms with E-state index < -0.39 is 11.7 Å². The molecular weight excluding hydrogens is 371 g/mol. The van der Waals surface area contributed by atoms with Crippen LogP contribution in [0.2, 0.25) is 0 Å². The summed E-state index contributed by atoms with van der Waals surface area (Å²) in [6, 6.07) is 6.60. The highest BCUT2D eigenvalue weighted by molar-refractivity contribution is 5.74. The number of urea groups is 1. The summed E-state index contributed by atoms with van der Waals surface area (Å²) in [5.74, 6) is 1.09. The second kappa shape index (κ2) is 8.04. The molecule has 2 aromatic rings. The lowest BCUT2D eigenvalue weighted by atomic mass is 10.1. The van der Waals surface area contributed by atoms with Gasteiger partial charge in [0.25, 0.3) is 0 Å². The number of rotatable bonds is 3. The maximum absolute atomic E-state index is 12.8. The summed E-state index contributed by atoms with van der Waals surface area (Å²) >= 11 is 0. The molecule has 1 saturated heterocycles. The van der Waals surface area contributed by atoms with Crippen LogP contribution in [0.15, 0.2) is 30.3 Å². The molecular formula is C19H22F3N5O. The van der Waals surface area contributed by atoms with E-state index >= 15 is 0 Å². The smallest absolute Gasteiger partial charge is 0.353 e. The van der Waals surface area contributed by atoms with Gasteiger partial charge in [-0.05, 0) is 26.0 Å². The third kappa shape index (κ3) is 4.52. The number of hydrogen-bond acceptors (Lipinski definition) is 4. The third-order valence-electron chi connectivity index (χ3n) is 4.53. The summed E-state index contributed by atoms with van der Waals surface area (Å²) in [5.41, 5.74) is 0.551. The summed E-state index contributed by atoms with van der Waals surface area (Å²) in [6.07, 6.45) is -4.37. The molecule has 1 fully saturated rings. The van der Waals surface area contributed by atoms with Crippen LogP contribution >= 0.6 is 0 Å². The highest BCUT2D eigenvalue weighted by Gasteiger charge is 2.30. The Kier molecular flexibility index (Phi) is 5.71. The van der Waals surface area contributed by atoms with Crippen LogP contribution in [0, 0.1) is 6.92 Å². The fourth-order valence-electron chi connectivity index (χ4n) is 3.05. The maximum Gasteiger partial charge on any atom is 0.416 e. The summed E-state index contributed by atoms with van der Waals surface area (Å²) in [6.45, 7) is 6.68. The van der Waals surface area contributed by atoms with E-state index in [1.54, 1.807) is 4.90 Å². The molecule has 1 aromatic carbocycles. The molecule has 1 N–H and O–H groups in total. The maximum atomic E-state index is 12.8. The molecule has 0 aliphatic carbocycles.